The average molecular weight is 314 g/mol. The second-order valence-electron chi connectivity index (χ2n) is 4.43. The van der Waals surface area contributed by atoms with Gasteiger partial charge in [0.2, 0.25) is 0 Å². The van der Waals surface area contributed by atoms with Crippen LogP contribution in [-0.2, 0) is 6.54 Å². The van der Waals surface area contributed by atoms with Crippen LogP contribution in [0.25, 0.3) is 0 Å². The van der Waals surface area contributed by atoms with Gasteiger partial charge in [-0.15, -0.1) is 23.1 Å². The molecule has 1 nitrogen and oxygen atoms in total. The minimum atomic E-state index is -0.104. The third kappa shape index (κ3) is 2.97. The third-order valence-corrected chi connectivity index (χ3v) is 5.57. The summed E-state index contributed by atoms with van der Waals surface area (Å²) in [4.78, 5) is 2.01. The maximum atomic E-state index is 13.7. The Labute approximate surface area is 125 Å². The predicted molar refractivity (Wildman–Crippen MR) is 80.7 cm³/mol. The van der Waals surface area contributed by atoms with Crippen molar-refractivity contribution >= 4 is 34.7 Å². The molecule has 5 heteroatoms. The molecule has 19 heavy (non-hydrogen) atoms. The van der Waals surface area contributed by atoms with E-state index in [1.807, 2.05) is 18.2 Å². The normalized spacial score (nSPS) is 18.3. The molecule has 100 valence electrons. The number of rotatable bonds is 3. The molecule has 2 aromatic rings. The summed E-state index contributed by atoms with van der Waals surface area (Å²) in [5.41, 5.74) is 1.08. The first-order chi connectivity index (χ1) is 9.24. The van der Waals surface area contributed by atoms with Gasteiger partial charge in [-0.1, -0.05) is 23.7 Å². The van der Waals surface area contributed by atoms with Crippen molar-refractivity contribution in [2.75, 3.05) is 5.75 Å². The lowest BCUT2D eigenvalue weighted by Gasteiger charge is -2.26. The summed E-state index contributed by atoms with van der Waals surface area (Å²) in [5, 5.41) is 3.51. The zero-order valence-electron chi connectivity index (χ0n) is 10.2. The molecule has 1 aliphatic heterocycles. The lowest BCUT2D eigenvalue weighted by molar-refractivity contribution is 0.499. The molecule has 0 fully saturated rings. The predicted octanol–water partition coefficient (Wildman–Crippen LogP) is 4.87. The first kappa shape index (κ1) is 13.4. The molecular weight excluding hydrogens is 301 g/mol. The van der Waals surface area contributed by atoms with Crippen molar-refractivity contribution in [1.29, 1.82) is 0 Å². The first-order valence-electron chi connectivity index (χ1n) is 6.13. The summed E-state index contributed by atoms with van der Waals surface area (Å²) < 4.78 is 14.6. The molecule has 2 heterocycles. The molecule has 0 radical (unpaired) electrons. The molecular formula is C14H13ClFNS2. The Balaban J connectivity index is 1.75. The van der Waals surface area contributed by atoms with Gasteiger partial charge in [-0.25, -0.2) is 4.39 Å². The Hall–Kier alpha value is -0.550. The van der Waals surface area contributed by atoms with Gasteiger partial charge >= 0.3 is 0 Å². The monoisotopic (exact) mass is 313 g/mol. The van der Waals surface area contributed by atoms with Crippen LogP contribution in [0.15, 0.2) is 35.2 Å². The molecule has 0 saturated heterocycles. The summed E-state index contributed by atoms with van der Waals surface area (Å²) >= 11 is 9.12. The van der Waals surface area contributed by atoms with Crippen molar-refractivity contribution in [1.82, 2.24) is 5.32 Å². The van der Waals surface area contributed by atoms with Crippen molar-refractivity contribution in [3.8, 4) is 0 Å². The van der Waals surface area contributed by atoms with E-state index < -0.39 is 0 Å². The number of benzene rings is 1. The van der Waals surface area contributed by atoms with E-state index in [0.717, 1.165) is 33.5 Å². The molecule has 1 aromatic carbocycles. The number of fused-ring (bicyclic) bond motifs is 1. The van der Waals surface area contributed by atoms with E-state index >= 15 is 0 Å². The largest absolute Gasteiger partial charge is 0.305 e. The lowest BCUT2D eigenvalue weighted by atomic mass is 10.0. The molecule has 0 bridgehead atoms. The van der Waals surface area contributed by atoms with Gasteiger partial charge in [0.05, 0.1) is 4.34 Å². The molecule has 0 amide bonds. The number of halogens is 2. The van der Waals surface area contributed by atoms with Crippen molar-refractivity contribution in [3.05, 3.63) is 50.9 Å². The molecule has 0 aliphatic carbocycles. The minimum Gasteiger partial charge on any atom is -0.305 e. The molecule has 1 N–H and O–H groups in total. The van der Waals surface area contributed by atoms with Crippen LogP contribution < -0.4 is 5.32 Å². The smallest absolute Gasteiger partial charge is 0.137 e. The van der Waals surface area contributed by atoms with Crippen LogP contribution in [0.2, 0.25) is 4.34 Å². The van der Waals surface area contributed by atoms with Gasteiger partial charge in [-0.05, 0) is 35.9 Å². The first-order valence-corrected chi connectivity index (χ1v) is 8.31. The fourth-order valence-electron chi connectivity index (χ4n) is 2.27. The average Bonchev–Trinajstić information content (AvgIpc) is 2.83. The van der Waals surface area contributed by atoms with Crippen LogP contribution in [0, 0.1) is 5.82 Å². The third-order valence-electron chi connectivity index (χ3n) is 3.18. The van der Waals surface area contributed by atoms with Gasteiger partial charge in [-0.3, -0.25) is 0 Å². The molecule has 0 saturated carbocycles. The number of hydrogen-bond donors (Lipinski definition) is 1. The molecule has 1 aliphatic rings. The van der Waals surface area contributed by atoms with Crippen molar-refractivity contribution in [3.63, 3.8) is 0 Å². The summed E-state index contributed by atoms with van der Waals surface area (Å²) in [6.45, 7) is 0.780. The zero-order valence-corrected chi connectivity index (χ0v) is 12.5. The van der Waals surface area contributed by atoms with Gasteiger partial charge in [0, 0.05) is 22.4 Å². The molecule has 0 spiro atoms. The van der Waals surface area contributed by atoms with Gasteiger partial charge in [0.25, 0.3) is 0 Å². The standard InChI is InChI=1S/C14H13ClFNS2/c15-13-5-4-9(19-13)8-17-12-6-7-18-14-10(12)2-1-3-11(14)16/h1-5,12,17H,6-8H2. The Bertz CT molecular complexity index is 585. The topological polar surface area (TPSA) is 12.0 Å². The highest BCUT2D eigenvalue weighted by molar-refractivity contribution is 7.99. The summed E-state index contributed by atoms with van der Waals surface area (Å²) in [6.07, 6.45) is 1.03. The second kappa shape index (κ2) is 5.83. The summed E-state index contributed by atoms with van der Waals surface area (Å²) in [6, 6.07) is 9.51. The highest BCUT2D eigenvalue weighted by atomic mass is 35.5. The van der Waals surface area contributed by atoms with E-state index in [0.29, 0.717) is 0 Å². The van der Waals surface area contributed by atoms with Crippen LogP contribution in [0.3, 0.4) is 0 Å². The molecule has 3 rings (SSSR count). The molecule has 1 unspecified atom stereocenters. The van der Waals surface area contributed by atoms with Crippen molar-refractivity contribution < 1.29 is 4.39 Å². The Morgan fingerprint density at radius 3 is 3.00 bits per heavy atom. The fourth-order valence-corrected chi connectivity index (χ4v) is 4.45. The Morgan fingerprint density at radius 2 is 2.21 bits per heavy atom. The van der Waals surface area contributed by atoms with Gasteiger partial charge < -0.3 is 5.32 Å². The van der Waals surface area contributed by atoms with Crippen molar-refractivity contribution in [2.24, 2.45) is 0 Å². The van der Waals surface area contributed by atoms with E-state index in [2.05, 4.69) is 5.32 Å². The number of hydrogen-bond acceptors (Lipinski definition) is 3. The van der Waals surface area contributed by atoms with Crippen LogP contribution in [0.1, 0.15) is 22.9 Å². The summed E-state index contributed by atoms with van der Waals surface area (Å²) in [5.74, 6) is 0.852. The highest BCUT2D eigenvalue weighted by Crippen LogP contribution is 2.38. The van der Waals surface area contributed by atoms with Crippen LogP contribution in [-0.4, -0.2) is 5.75 Å². The van der Waals surface area contributed by atoms with Gasteiger partial charge in [0.15, 0.2) is 0 Å². The van der Waals surface area contributed by atoms with E-state index in [9.17, 15) is 4.39 Å². The van der Waals surface area contributed by atoms with Crippen LogP contribution in [0.5, 0.6) is 0 Å². The lowest BCUT2D eigenvalue weighted by Crippen LogP contribution is -2.24. The van der Waals surface area contributed by atoms with Crippen LogP contribution in [0.4, 0.5) is 4.39 Å². The minimum absolute atomic E-state index is 0.104. The number of thioether (sulfide) groups is 1. The van der Waals surface area contributed by atoms with E-state index in [4.69, 9.17) is 11.6 Å². The number of thiophene rings is 1. The van der Waals surface area contributed by atoms with E-state index in [1.165, 1.54) is 10.9 Å². The number of nitrogens with one attached hydrogen (secondary N) is 1. The zero-order chi connectivity index (χ0) is 13.2. The Kier molecular flexibility index (Phi) is 4.12. The van der Waals surface area contributed by atoms with Gasteiger partial charge in [0.1, 0.15) is 5.82 Å². The summed E-state index contributed by atoms with van der Waals surface area (Å²) in [7, 11) is 0. The SMILES string of the molecule is Fc1cccc2c1SCCC2NCc1ccc(Cl)s1. The van der Waals surface area contributed by atoms with Crippen LogP contribution >= 0.6 is 34.7 Å². The highest BCUT2D eigenvalue weighted by Gasteiger charge is 2.22. The van der Waals surface area contributed by atoms with E-state index in [1.54, 1.807) is 29.2 Å². The maximum Gasteiger partial charge on any atom is 0.137 e. The van der Waals surface area contributed by atoms with Gasteiger partial charge in [-0.2, -0.15) is 0 Å². The van der Waals surface area contributed by atoms with Crippen molar-refractivity contribution in [2.45, 2.75) is 23.9 Å². The quantitative estimate of drug-likeness (QED) is 0.868. The molecule has 1 aromatic heterocycles. The second-order valence-corrected chi connectivity index (χ2v) is 7.34. The maximum absolute atomic E-state index is 13.7. The molecule has 1 atom stereocenters. The fraction of sp³-hybridized carbons (Fsp3) is 0.286. The Morgan fingerprint density at radius 1 is 1.32 bits per heavy atom. The van der Waals surface area contributed by atoms with E-state index in [-0.39, 0.29) is 11.9 Å².